The van der Waals surface area contributed by atoms with Crippen molar-refractivity contribution in [1.82, 2.24) is 15.1 Å². The van der Waals surface area contributed by atoms with Crippen LogP contribution in [0.3, 0.4) is 0 Å². The zero-order valence-electron chi connectivity index (χ0n) is 13.4. The van der Waals surface area contributed by atoms with Crippen LogP contribution < -0.4 is 5.32 Å². The van der Waals surface area contributed by atoms with E-state index in [1.54, 1.807) is 6.20 Å². The van der Waals surface area contributed by atoms with Gasteiger partial charge in [-0.05, 0) is 32.1 Å². The van der Waals surface area contributed by atoms with Crippen LogP contribution in [0.2, 0.25) is 0 Å². The van der Waals surface area contributed by atoms with Crippen LogP contribution in [0.1, 0.15) is 74.8 Å². The molecule has 1 amide bonds. The molecule has 0 aromatic carbocycles. The molecule has 0 radical (unpaired) electrons. The average molecular weight is 293 g/mol. The van der Waals surface area contributed by atoms with Crippen LogP contribution in [0, 0.1) is 0 Å². The second kappa shape index (κ2) is 6.60. The van der Waals surface area contributed by atoms with Gasteiger partial charge in [0.15, 0.2) is 0 Å². The number of aryl methyl sites for hydroxylation is 1. The van der Waals surface area contributed by atoms with Gasteiger partial charge in [-0.3, -0.25) is 9.48 Å². The van der Waals surface area contributed by atoms with Gasteiger partial charge in [-0.2, -0.15) is 5.10 Å². The first-order valence-electron chi connectivity index (χ1n) is 8.11. The number of hydrogen-bond donors (Lipinski definition) is 2. The van der Waals surface area contributed by atoms with Crippen molar-refractivity contribution >= 4 is 5.91 Å². The van der Waals surface area contributed by atoms with E-state index in [-0.39, 0.29) is 5.91 Å². The summed E-state index contributed by atoms with van der Waals surface area (Å²) in [5.41, 5.74) is 0.945. The van der Waals surface area contributed by atoms with Gasteiger partial charge in [-0.15, -0.1) is 0 Å². The first-order chi connectivity index (χ1) is 10.0. The lowest BCUT2D eigenvalue weighted by Gasteiger charge is -2.25. The van der Waals surface area contributed by atoms with Crippen LogP contribution in [0.4, 0.5) is 0 Å². The fraction of sp³-hybridized carbons (Fsp3) is 0.750. The third kappa shape index (κ3) is 3.64. The minimum Gasteiger partial charge on any atom is -0.388 e. The van der Waals surface area contributed by atoms with Crippen LogP contribution in [0.15, 0.2) is 6.20 Å². The lowest BCUT2D eigenvalue weighted by molar-refractivity contribution is 0.0314. The van der Waals surface area contributed by atoms with Crippen LogP contribution in [0.5, 0.6) is 0 Å². The van der Waals surface area contributed by atoms with Gasteiger partial charge in [0.2, 0.25) is 0 Å². The molecule has 0 atom stereocenters. The van der Waals surface area contributed by atoms with Crippen molar-refractivity contribution in [2.24, 2.45) is 0 Å². The number of amides is 1. The van der Waals surface area contributed by atoms with Gasteiger partial charge < -0.3 is 10.4 Å². The predicted molar refractivity (Wildman–Crippen MR) is 82.4 cm³/mol. The van der Waals surface area contributed by atoms with Crippen molar-refractivity contribution in [1.29, 1.82) is 0 Å². The predicted octanol–water partition coefficient (Wildman–Crippen LogP) is 2.45. The normalized spacial score (nSPS) is 15.2. The summed E-state index contributed by atoms with van der Waals surface area (Å²) in [6.07, 6.45) is 6.24. The summed E-state index contributed by atoms with van der Waals surface area (Å²) in [5, 5.41) is 17.5. The lowest BCUT2D eigenvalue weighted by Crippen LogP contribution is -2.42. The van der Waals surface area contributed by atoms with Gasteiger partial charge in [0.25, 0.3) is 5.91 Å². The summed E-state index contributed by atoms with van der Waals surface area (Å²) in [7, 11) is 0. The summed E-state index contributed by atoms with van der Waals surface area (Å²) < 4.78 is 1.97. The van der Waals surface area contributed by atoms with E-state index in [0.29, 0.717) is 30.9 Å². The molecule has 21 heavy (non-hydrogen) atoms. The summed E-state index contributed by atoms with van der Waals surface area (Å²) in [5.74, 6) is 0.371. The third-order valence-corrected chi connectivity index (χ3v) is 4.42. The van der Waals surface area contributed by atoms with Crippen LogP contribution in [-0.2, 0) is 6.54 Å². The quantitative estimate of drug-likeness (QED) is 0.773. The first-order valence-corrected chi connectivity index (χ1v) is 8.11. The molecule has 2 rings (SSSR count). The van der Waals surface area contributed by atoms with Gasteiger partial charge in [-0.25, -0.2) is 0 Å². The highest BCUT2D eigenvalue weighted by molar-refractivity contribution is 5.95. The molecule has 5 nitrogen and oxygen atoms in total. The Labute approximate surface area is 126 Å². The minimum atomic E-state index is -0.811. The number of aliphatic hydroxyl groups is 1. The van der Waals surface area contributed by atoms with Crippen LogP contribution in [-0.4, -0.2) is 32.9 Å². The van der Waals surface area contributed by atoms with E-state index in [4.69, 9.17) is 0 Å². The minimum absolute atomic E-state index is 0.112. The molecule has 1 heterocycles. The van der Waals surface area contributed by atoms with Crippen molar-refractivity contribution in [3.8, 4) is 0 Å². The van der Waals surface area contributed by atoms with E-state index < -0.39 is 5.60 Å². The Morgan fingerprint density at radius 2 is 2.10 bits per heavy atom. The Kier molecular flexibility index (Phi) is 5.04. The average Bonchev–Trinajstić information content (AvgIpc) is 3.25. The standard InChI is InChI=1S/C16H27N3O2/c1-4-9-19-14(12-7-8-12)13(10-18-19)15(20)17-11-16(21,5-2)6-3/h10,12,21H,4-9,11H2,1-3H3,(H,17,20). The van der Waals surface area contributed by atoms with Gasteiger partial charge in [0, 0.05) is 19.0 Å². The topological polar surface area (TPSA) is 67.2 Å². The third-order valence-electron chi connectivity index (χ3n) is 4.42. The number of carbonyl (C=O) groups excluding carboxylic acids is 1. The molecule has 1 aromatic rings. The maximum absolute atomic E-state index is 12.4. The largest absolute Gasteiger partial charge is 0.388 e. The monoisotopic (exact) mass is 293 g/mol. The molecule has 0 aliphatic heterocycles. The molecular weight excluding hydrogens is 266 g/mol. The molecule has 1 saturated carbocycles. The molecule has 1 aliphatic carbocycles. The maximum atomic E-state index is 12.4. The molecule has 1 aliphatic rings. The Bertz CT molecular complexity index is 488. The lowest BCUT2D eigenvalue weighted by atomic mass is 9.97. The van der Waals surface area contributed by atoms with E-state index in [1.165, 1.54) is 0 Å². The molecule has 1 aromatic heterocycles. The SMILES string of the molecule is CCCn1ncc(C(=O)NCC(O)(CC)CC)c1C1CC1. The number of carbonyl (C=O) groups is 1. The Hall–Kier alpha value is -1.36. The number of hydrogen-bond acceptors (Lipinski definition) is 3. The molecule has 0 unspecified atom stereocenters. The zero-order chi connectivity index (χ0) is 15.5. The maximum Gasteiger partial charge on any atom is 0.254 e. The van der Waals surface area contributed by atoms with Crippen molar-refractivity contribution in [3.63, 3.8) is 0 Å². The van der Waals surface area contributed by atoms with Gasteiger partial charge in [0.05, 0.1) is 23.1 Å². The molecule has 2 N–H and O–H groups in total. The first kappa shape index (κ1) is 16.0. The molecular formula is C16H27N3O2. The number of aromatic nitrogens is 2. The smallest absolute Gasteiger partial charge is 0.254 e. The van der Waals surface area contributed by atoms with Gasteiger partial charge >= 0.3 is 0 Å². The number of nitrogens with zero attached hydrogens (tertiary/aromatic N) is 2. The number of nitrogens with one attached hydrogen (secondary N) is 1. The highest BCUT2D eigenvalue weighted by atomic mass is 16.3. The Balaban J connectivity index is 2.09. The summed E-state index contributed by atoms with van der Waals surface area (Å²) in [4.78, 5) is 12.4. The molecule has 0 bridgehead atoms. The van der Waals surface area contributed by atoms with E-state index in [9.17, 15) is 9.90 Å². The van der Waals surface area contributed by atoms with Crippen molar-refractivity contribution in [2.45, 2.75) is 70.9 Å². The molecule has 1 fully saturated rings. The second-order valence-electron chi connectivity index (χ2n) is 6.06. The van der Waals surface area contributed by atoms with E-state index in [0.717, 1.165) is 31.5 Å². The van der Waals surface area contributed by atoms with E-state index in [2.05, 4.69) is 17.3 Å². The second-order valence-corrected chi connectivity index (χ2v) is 6.06. The van der Waals surface area contributed by atoms with Crippen molar-refractivity contribution < 1.29 is 9.90 Å². The van der Waals surface area contributed by atoms with Crippen molar-refractivity contribution in [2.75, 3.05) is 6.54 Å². The fourth-order valence-corrected chi connectivity index (χ4v) is 2.59. The molecule has 0 saturated heterocycles. The molecule has 0 spiro atoms. The van der Waals surface area contributed by atoms with Gasteiger partial charge in [0.1, 0.15) is 0 Å². The van der Waals surface area contributed by atoms with E-state index in [1.807, 2.05) is 18.5 Å². The Morgan fingerprint density at radius 1 is 1.43 bits per heavy atom. The zero-order valence-corrected chi connectivity index (χ0v) is 13.4. The fourth-order valence-electron chi connectivity index (χ4n) is 2.59. The highest BCUT2D eigenvalue weighted by Crippen LogP contribution is 2.41. The van der Waals surface area contributed by atoms with Crippen molar-refractivity contribution in [3.05, 3.63) is 17.5 Å². The van der Waals surface area contributed by atoms with Crippen LogP contribution >= 0.6 is 0 Å². The highest BCUT2D eigenvalue weighted by Gasteiger charge is 2.32. The van der Waals surface area contributed by atoms with E-state index >= 15 is 0 Å². The molecule has 5 heteroatoms. The Morgan fingerprint density at radius 3 is 2.62 bits per heavy atom. The van der Waals surface area contributed by atoms with Crippen LogP contribution in [0.25, 0.3) is 0 Å². The van der Waals surface area contributed by atoms with Gasteiger partial charge in [-0.1, -0.05) is 20.8 Å². The molecule has 118 valence electrons. The summed E-state index contributed by atoms with van der Waals surface area (Å²) in [6, 6.07) is 0. The number of rotatable bonds is 8. The summed E-state index contributed by atoms with van der Waals surface area (Å²) in [6.45, 7) is 7.13. The summed E-state index contributed by atoms with van der Waals surface area (Å²) >= 11 is 0.